The van der Waals surface area contributed by atoms with Crippen molar-refractivity contribution in [3.05, 3.63) is 93.3 Å². The Labute approximate surface area is 260 Å². The summed E-state index contributed by atoms with van der Waals surface area (Å²) in [7, 11) is 0. The van der Waals surface area contributed by atoms with Crippen LogP contribution in [0.1, 0.15) is 99.1 Å². The molecule has 0 aromatic heterocycles. The minimum absolute atomic E-state index is 0.00918. The molecule has 8 aliphatic rings. The van der Waals surface area contributed by atoms with E-state index in [2.05, 4.69) is 97.5 Å². The van der Waals surface area contributed by atoms with Crippen LogP contribution in [0, 0.1) is 0 Å². The van der Waals surface area contributed by atoms with Gasteiger partial charge in [-0.3, -0.25) is 0 Å². The van der Waals surface area contributed by atoms with Crippen molar-refractivity contribution in [1.29, 1.82) is 0 Å². The molecule has 0 saturated carbocycles. The molecule has 4 atom stereocenters. The molecular formula is C34H36N4O4Pt. The quantitative estimate of drug-likeness (QED) is 0.371. The van der Waals surface area contributed by atoms with Crippen LogP contribution in [0.4, 0.5) is 0 Å². The molecule has 2 aromatic rings. The van der Waals surface area contributed by atoms with Crippen molar-refractivity contribution in [3.8, 4) is 0 Å². The van der Waals surface area contributed by atoms with Crippen LogP contribution in [0.5, 0.6) is 0 Å². The number of rotatable bonds is 0. The second kappa shape index (κ2) is 7.87. The van der Waals surface area contributed by atoms with Gasteiger partial charge >= 0.3 is 261 Å². The standard InChI is InChI=1S/C34H36N4O4.Pt/c1-33(2,3)23-9-19-7-20(10-23)26-14-40-30-32-38(18-36(26)30)28(16-42-32)22-8-21(11-24(12-22)34(4,5)6)27-15-41-31-29-35(17-37(27)31)25(19)13-39-29;/h7-12,25-28H,13-16H2,1-6H3;. The number of hydrogen-bond donors (Lipinski definition) is 0. The van der Waals surface area contributed by atoms with Gasteiger partial charge in [0.1, 0.15) is 0 Å². The van der Waals surface area contributed by atoms with Gasteiger partial charge in [0.15, 0.2) is 0 Å². The van der Waals surface area contributed by atoms with E-state index in [1.54, 1.807) is 0 Å². The third kappa shape index (κ3) is 3.16. The molecule has 8 heterocycles. The van der Waals surface area contributed by atoms with Crippen molar-refractivity contribution in [2.24, 2.45) is 0 Å². The van der Waals surface area contributed by atoms with Crippen molar-refractivity contribution >= 4 is 8.29 Å². The molecule has 0 N–H and O–H groups in total. The average Bonchev–Trinajstić information content (AvgIpc) is 3.77. The van der Waals surface area contributed by atoms with Crippen LogP contribution in [-0.4, -0.2) is 54.3 Å². The summed E-state index contributed by atoms with van der Waals surface area (Å²) in [5.74, 6) is 3.53. The predicted molar refractivity (Wildman–Crippen MR) is 156 cm³/mol. The van der Waals surface area contributed by atoms with Crippen LogP contribution >= 0.6 is 0 Å². The SMILES string of the molecule is CC(C)(C)c1cc2cc(c1)C1COC3=C4OCC5c6cc(cc(C(C)(C)C)c6)C6COC7=C8OCC2N8[C](=[Pt]=[C](N31)N45)N76. The van der Waals surface area contributed by atoms with Gasteiger partial charge in [0.2, 0.25) is 0 Å². The predicted octanol–water partition coefficient (Wildman–Crippen LogP) is 5.04. The van der Waals surface area contributed by atoms with E-state index in [4.69, 9.17) is 18.9 Å². The second-order valence-corrected chi connectivity index (χ2v) is 17.4. The fraction of sp³-hybridized carbons (Fsp3) is 0.471. The summed E-state index contributed by atoms with van der Waals surface area (Å²) in [5.41, 5.74) is 7.92. The van der Waals surface area contributed by atoms with Gasteiger partial charge < -0.3 is 0 Å². The summed E-state index contributed by atoms with van der Waals surface area (Å²) in [4.78, 5) is 9.96. The first kappa shape index (κ1) is 25.1. The van der Waals surface area contributed by atoms with E-state index in [9.17, 15) is 0 Å². The van der Waals surface area contributed by atoms with Crippen LogP contribution in [0.15, 0.2) is 59.9 Å². The van der Waals surface area contributed by atoms with E-state index in [0.29, 0.717) is 26.4 Å². The van der Waals surface area contributed by atoms with Crippen LogP contribution < -0.4 is 0 Å². The van der Waals surface area contributed by atoms with Crippen LogP contribution in [-0.2, 0) is 47.4 Å². The van der Waals surface area contributed by atoms with E-state index in [0.717, 1.165) is 23.5 Å². The summed E-state index contributed by atoms with van der Waals surface area (Å²) >= 11 is -0.710. The number of ether oxygens (including phenoxy) is 4. The topological polar surface area (TPSA) is 49.9 Å². The molecule has 4 fully saturated rings. The van der Waals surface area contributed by atoms with E-state index >= 15 is 0 Å². The zero-order valence-electron chi connectivity index (χ0n) is 25.3. The van der Waals surface area contributed by atoms with Gasteiger partial charge in [-0.05, 0) is 0 Å². The molecule has 226 valence electrons. The first-order valence-corrected chi connectivity index (χ1v) is 17.6. The van der Waals surface area contributed by atoms with Crippen molar-refractivity contribution in [3.63, 3.8) is 0 Å². The molecule has 43 heavy (non-hydrogen) atoms. The third-order valence-corrected chi connectivity index (χ3v) is 13.3. The monoisotopic (exact) mass is 759 g/mol. The number of nitrogens with zero attached hydrogens (tertiary/aromatic N) is 4. The van der Waals surface area contributed by atoms with Gasteiger partial charge in [-0.25, -0.2) is 0 Å². The molecule has 4 unspecified atom stereocenters. The molecule has 0 spiro atoms. The number of fused-ring (bicyclic) bond motifs is 8. The molecule has 6 bridgehead atoms. The molecule has 0 radical (unpaired) electrons. The first-order valence-electron chi connectivity index (χ1n) is 15.4. The Morgan fingerprint density at radius 1 is 0.488 bits per heavy atom. The van der Waals surface area contributed by atoms with E-state index in [1.807, 2.05) is 0 Å². The normalized spacial score (nSPS) is 29.2. The molecule has 8 nitrogen and oxygen atoms in total. The molecule has 4 saturated heterocycles. The third-order valence-electron chi connectivity index (χ3n) is 10.1. The summed E-state index contributed by atoms with van der Waals surface area (Å²) in [6, 6.07) is 14.9. The molecule has 8 aliphatic heterocycles. The second-order valence-electron chi connectivity index (χ2n) is 14.8. The molecular weight excluding hydrogens is 723 g/mol. The first-order chi connectivity index (χ1) is 20.6. The maximum absolute atomic E-state index is 6.59. The van der Waals surface area contributed by atoms with Gasteiger partial charge in [0, 0.05) is 0 Å². The molecule has 2 aromatic carbocycles. The molecule has 10 rings (SSSR count). The average molecular weight is 760 g/mol. The van der Waals surface area contributed by atoms with Crippen LogP contribution in [0.2, 0.25) is 0 Å². The molecule has 0 amide bonds. The zero-order valence-corrected chi connectivity index (χ0v) is 27.6. The van der Waals surface area contributed by atoms with E-state index < -0.39 is 17.6 Å². The van der Waals surface area contributed by atoms with Gasteiger partial charge in [-0.2, -0.15) is 0 Å². The van der Waals surface area contributed by atoms with E-state index in [-0.39, 0.29) is 35.0 Å². The fourth-order valence-corrected chi connectivity index (χ4v) is 11.5. The summed E-state index contributed by atoms with van der Waals surface area (Å²) in [6.45, 7) is 16.3. The van der Waals surface area contributed by atoms with Crippen molar-refractivity contribution < 1.29 is 36.6 Å². The minimum atomic E-state index is -0.710. The van der Waals surface area contributed by atoms with E-state index in [1.165, 1.54) is 41.7 Å². The molecule has 9 heteroatoms. The van der Waals surface area contributed by atoms with Gasteiger partial charge in [-0.1, -0.05) is 0 Å². The van der Waals surface area contributed by atoms with Crippen LogP contribution in [0.3, 0.4) is 0 Å². The summed E-state index contributed by atoms with van der Waals surface area (Å²) in [5, 5.41) is 0. The van der Waals surface area contributed by atoms with Gasteiger partial charge in [0.05, 0.1) is 0 Å². The Kier molecular flexibility index (Phi) is 4.60. The zero-order chi connectivity index (χ0) is 29.2. The Balaban J connectivity index is 1.30. The Morgan fingerprint density at radius 3 is 1.02 bits per heavy atom. The van der Waals surface area contributed by atoms with Gasteiger partial charge in [0.25, 0.3) is 0 Å². The Morgan fingerprint density at radius 2 is 0.767 bits per heavy atom. The summed E-state index contributed by atoms with van der Waals surface area (Å²) in [6.07, 6.45) is 0. The number of hydrogen-bond acceptors (Lipinski definition) is 8. The van der Waals surface area contributed by atoms with Crippen molar-refractivity contribution in [1.82, 2.24) is 19.6 Å². The fourth-order valence-electron chi connectivity index (χ4n) is 7.64. The van der Waals surface area contributed by atoms with Gasteiger partial charge in [-0.15, -0.1) is 0 Å². The van der Waals surface area contributed by atoms with Crippen molar-refractivity contribution in [2.75, 3.05) is 26.4 Å². The Bertz CT molecular complexity index is 1580. The maximum atomic E-state index is 6.59. The van der Waals surface area contributed by atoms with Crippen molar-refractivity contribution in [2.45, 2.75) is 76.5 Å². The number of benzene rings is 2. The summed E-state index contributed by atoms with van der Waals surface area (Å²) < 4.78 is 29.0. The van der Waals surface area contributed by atoms with Crippen LogP contribution in [0.25, 0.3) is 0 Å². The Hall–Kier alpha value is -3.25. The molecule has 0 aliphatic carbocycles.